The fourth-order valence-corrected chi connectivity index (χ4v) is 2.99. The van der Waals surface area contributed by atoms with Crippen LogP contribution in [-0.4, -0.2) is 21.7 Å². The molecular weight excluding hydrogens is 372 g/mol. The maximum atomic E-state index is 12.1. The van der Waals surface area contributed by atoms with Gasteiger partial charge in [0, 0.05) is 22.8 Å². The van der Waals surface area contributed by atoms with Crippen molar-refractivity contribution in [2.24, 2.45) is 0 Å². The second kappa shape index (κ2) is 8.07. The number of nitrogens with zero attached hydrogens (tertiary/aromatic N) is 2. The lowest BCUT2D eigenvalue weighted by Gasteiger charge is -2.04. The first kappa shape index (κ1) is 18.0. The summed E-state index contributed by atoms with van der Waals surface area (Å²) < 4.78 is 0. The number of thiazole rings is 1. The summed E-state index contributed by atoms with van der Waals surface area (Å²) >= 11 is 7.19. The van der Waals surface area contributed by atoms with Gasteiger partial charge in [-0.05, 0) is 43.3 Å². The van der Waals surface area contributed by atoms with Crippen LogP contribution in [0.3, 0.4) is 0 Å². The molecule has 0 aliphatic heterocycles. The molecule has 0 radical (unpaired) electrons. The third kappa shape index (κ3) is 4.87. The minimum absolute atomic E-state index is 0.0134. The first-order chi connectivity index (χ1) is 12.5. The molecule has 0 unspecified atom stereocenters. The van der Waals surface area contributed by atoms with Gasteiger partial charge in [0.05, 0.1) is 17.1 Å². The number of ketones is 1. The number of halogens is 1. The van der Waals surface area contributed by atoms with Crippen molar-refractivity contribution in [1.29, 1.82) is 0 Å². The molecule has 8 heteroatoms. The van der Waals surface area contributed by atoms with Gasteiger partial charge in [-0.2, -0.15) is 0 Å². The van der Waals surface area contributed by atoms with Gasteiger partial charge in [0.1, 0.15) is 5.82 Å². The van der Waals surface area contributed by atoms with Gasteiger partial charge in [-0.3, -0.25) is 9.59 Å². The van der Waals surface area contributed by atoms with Gasteiger partial charge < -0.3 is 10.6 Å². The smallest absolute Gasteiger partial charge is 0.230 e. The fraction of sp³-hybridized carbons (Fsp3) is 0.111. The molecule has 0 atom stereocenters. The zero-order chi connectivity index (χ0) is 18.5. The first-order valence-corrected chi connectivity index (χ1v) is 8.99. The molecule has 0 aliphatic rings. The maximum Gasteiger partial charge on any atom is 0.230 e. The van der Waals surface area contributed by atoms with E-state index in [4.69, 9.17) is 11.6 Å². The summed E-state index contributed by atoms with van der Waals surface area (Å²) in [5.74, 6) is 0.438. The average molecular weight is 387 g/mol. The number of benzene rings is 1. The number of hydrogen-bond donors (Lipinski definition) is 2. The third-order valence-corrected chi connectivity index (χ3v) is 4.46. The van der Waals surface area contributed by atoms with E-state index < -0.39 is 0 Å². The topological polar surface area (TPSA) is 84.0 Å². The van der Waals surface area contributed by atoms with E-state index in [1.807, 2.05) is 5.38 Å². The van der Waals surface area contributed by atoms with E-state index in [0.717, 1.165) is 0 Å². The Kier molecular flexibility index (Phi) is 5.60. The third-order valence-electron chi connectivity index (χ3n) is 3.43. The summed E-state index contributed by atoms with van der Waals surface area (Å²) in [7, 11) is 0. The van der Waals surface area contributed by atoms with E-state index in [1.54, 1.807) is 42.6 Å². The Labute approximate surface area is 159 Å². The Morgan fingerprint density at radius 2 is 1.92 bits per heavy atom. The number of pyridine rings is 1. The van der Waals surface area contributed by atoms with Gasteiger partial charge in [-0.15, -0.1) is 11.3 Å². The predicted octanol–water partition coefficient (Wildman–Crippen LogP) is 4.32. The van der Waals surface area contributed by atoms with Crippen molar-refractivity contribution < 1.29 is 9.59 Å². The van der Waals surface area contributed by atoms with E-state index in [9.17, 15) is 9.59 Å². The maximum absolute atomic E-state index is 12.1. The van der Waals surface area contributed by atoms with Crippen molar-refractivity contribution in [1.82, 2.24) is 9.97 Å². The molecule has 0 spiro atoms. The summed E-state index contributed by atoms with van der Waals surface area (Å²) in [5.41, 5.74) is 1.90. The van der Waals surface area contributed by atoms with Crippen LogP contribution < -0.4 is 10.6 Å². The van der Waals surface area contributed by atoms with Crippen molar-refractivity contribution in [3.63, 3.8) is 0 Å². The zero-order valence-corrected chi connectivity index (χ0v) is 15.4. The van der Waals surface area contributed by atoms with Gasteiger partial charge in [-0.1, -0.05) is 11.6 Å². The molecule has 1 aromatic carbocycles. The minimum atomic E-state index is -0.179. The summed E-state index contributed by atoms with van der Waals surface area (Å²) in [6.07, 6.45) is 1.70. The van der Waals surface area contributed by atoms with Crippen molar-refractivity contribution in [3.8, 4) is 0 Å². The van der Waals surface area contributed by atoms with Gasteiger partial charge in [-0.25, -0.2) is 9.97 Å². The Hall–Kier alpha value is -2.77. The molecule has 2 aromatic heterocycles. The molecule has 2 N–H and O–H groups in total. The van der Waals surface area contributed by atoms with Crippen LogP contribution in [0.1, 0.15) is 23.0 Å². The standard InChI is InChI=1S/C18H15ClN4O2S/c1-11(24)12-2-5-14(6-3-12)21-17(25)8-15-10-26-18(22-15)23-16-7-4-13(19)9-20-16/h2-7,9-10H,8H2,1H3,(H,21,25)(H,20,22,23). The number of aromatic nitrogens is 2. The fourth-order valence-electron chi connectivity index (χ4n) is 2.16. The van der Waals surface area contributed by atoms with Crippen LogP contribution in [0.15, 0.2) is 48.0 Å². The van der Waals surface area contributed by atoms with Crippen molar-refractivity contribution in [2.75, 3.05) is 10.6 Å². The minimum Gasteiger partial charge on any atom is -0.326 e. The second-order valence-electron chi connectivity index (χ2n) is 5.49. The average Bonchev–Trinajstić information content (AvgIpc) is 3.04. The van der Waals surface area contributed by atoms with Gasteiger partial charge in [0.15, 0.2) is 10.9 Å². The summed E-state index contributed by atoms with van der Waals surface area (Å²) in [6, 6.07) is 10.3. The highest BCUT2D eigenvalue weighted by molar-refractivity contribution is 7.13. The van der Waals surface area contributed by atoms with E-state index >= 15 is 0 Å². The second-order valence-corrected chi connectivity index (χ2v) is 6.78. The lowest BCUT2D eigenvalue weighted by Crippen LogP contribution is -2.14. The molecule has 6 nitrogen and oxygen atoms in total. The number of anilines is 3. The van der Waals surface area contributed by atoms with E-state index in [-0.39, 0.29) is 18.1 Å². The molecule has 1 amide bonds. The van der Waals surface area contributed by atoms with Crippen LogP contribution in [0.4, 0.5) is 16.6 Å². The molecule has 0 aliphatic carbocycles. The Morgan fingerprint density at radius 3 is 2.58 bits per heavy atom. The molecular formula is C18H15ClN4O2S. The molecule has 0 fully saturated rings. The summed E-state index contributed by atoms with van der Waals surface area (Å²) in [5, 5.41) is 8.88. The molecule has 0 saturated heterocycles. The number of amides is 1. The Balaban J connectivity index is 1.57. The number of Topliss-reactive ketones (excluding diaryl/α,β-unsaturated/α-hetero) is 1. The van der Waals surface area contributed by atoms with E-state index in [1.165, 1.54) is 18.3 Å². The lowest BCUT2D eigenvalue weighted by atomic mass is 10.1. The highest BCUT2D eigenvalue weighted by atomic mass is 35.5. The van der Waals surface area contributed by atoms with E-state index in [2.05, 4.69) is 20.6 Å². The molecule has 26 heavy (non-hydrogen) atoms. The largest absolute Gasteiger partial charge is 0.326 e. The number of hydrogen-bond acceptors (Lipinski definition) is 6. The Morgan fingerprint density at radius 1 is 1.15 bits per heavy atom. The van der Waals surface area contributed by atoms with E-state index in [0.29, 0.717) is 32.9 Å². The molecule has 0 bridgehead atoms. The van der Waals surface area contributed by atoms with Crippen molar-refractivity contribution >= 4 is 51.3 Å². The number of carbonyl (C=O) groups excluding carboxylic acids is 2. The molecule has 2 heterocycles. The quantitative estimate of drug-likeness (QED) is 0.616. The number of carbonyl (C=O) groups is 2. The van der Waals surface area contributed by atoms with Crippen LogP contribution in [0.2, 0.25) is 5.02 Å². The van der Waals surface area contributed by atoms with Crippen LogP contribution >= 0.6 is 22.9 Å². The van der Waals surface area contributed by atoms with Gasteiger partial charge in [0.2, 0.25) is 5.91 Å². The van der Waals surface area contributed by atoms with Crippen LogP contribution in [0.5, 0.6) is 0 Å². The first-order valence-electron chi connectivity index (χ1n) is 7.73. The van der Waals surface area contributed by atoms with Crippen LogP contribution in [0.25, 0.3) is 0 Å². The van der Waals surface area contributed by atoms with Gasteiger partial charge >= 0.3 is 0 Å². The number of rotatable bonds is 6. The van der Waals surface area contributed by atoms with Crippen molar-refractivity contribution in [2.45, 2.75) is 13.3 Å². The van der Waals surface area contributed by atoms with Gasteiger partial charge in [0.25, 0.3) is 0 Å². The van der Waals surface area contributed by atoms with Crippen molar-refractivity contribution in [3.05, 3.63) is 64.3 Å². The number of nitrogens with one attached hydrogen (secondary N) is 2. The summed E-state index contributed by atoms with van der Waals surface area (Å²) in [4.78, 5) is 31.9. The van der Waals surface area contributed by atoms with Crippen LogP contribution in [0, 0.1) is 0 Å². The molecule has 0 saturated carbocycles. The molecule has 3 aromatic rings. The lowest BCUT2D eigenvalue weighted by molar-refractivity contribution is -0.115. The predicted molar refractivity (Wildman–Crippen MR) is 103 cm³/mol. The zero-order valence-electron chi connectivity index (χ0n) is 13.8. The monoisotopic (exact) mass is 386 g/mol. The molecule has 132 valence electrons. The normalized spacial score (nSPS) is 10.4. The molecule has 3 rings (SSSR count). The summed E-state index contributed by atoms with van der Waals surface area (Å²) in [6.45, 7) is 1.50. The Bertz CT molecular complexity index is 923. The van der Waals surface area contributed by atoms with Crippen LogP contribution in [-0.2, 0) is 11.2 Å². The SMILES string of the molecule is CC(=O)c1ccc(NC(=O)Cc2csc(Nc3ccc(Cl)cn3)n2)cc1. The highest BCUT2D eigenvalue weighted by Gasteiger charge is 2.09. The highest BCUT2D eigenvalue weighted by Crippen LogP contribution is 2.21.